The van der Waals surface area contributed by atoms with Crippen molar-refractivity contribution in [2.75, 3.05) is 5.32 Å². The Kier molecular flexibility index (Phi) is 3.95. The third-order valence-electron chi connectivity index (χ3n) is 3.07. The minimum atomic E-state index is -0.532. The molecule has 1 aromatic carbocycles. The van der Waals surface area contributed by atoms with E-state index in [1.807, 2.05) is 19.1 Å². The highest BCUT2D eigenvalue weighted by Crippen LogP contribution is 2.29. The van der Waals surface area contributed by atoms with Gasteiger partial charge in [0, 0.05) is 5.69 Å². The highest BCUT2D eigenvalue weighted by atomic mass is 35.5. The van der Waals surface area contributed by atoms with Crippen LogP contribution in [-0.2, 0) is 5.41 Å². The SMILES string of the molecule is Cc1ccc(C(C)(C)C)cc1Nc1nc(Cl)ncc1F. The second-order valence-electron chi connectivity index (χ2n) is 5.74. The smallest absolute Gasteiger partial charge is 0.224 e. The molecule has 0 unspecified atom stereocenters. The Labute approximate surface area is 123 Å². The molecular weight excluding hydrogens is 277 g/mol. The highest BCUT2D eigenvalue weighted by molar-refractivity contribution is 6.28. The van der Waals surface area contributed by atoms with E-state index in [1.54, 1.807) is 0 Å². The molecule has 106 valence electrons. The molecule has 2 rings (SSSR count). The van der Waals surface area contributed by atoms with Crippen molar-refractivity contribution in [2.45, 2.75) is 33.1 Å². The van der Waals surface area contributed by atoms with E-state index in [4.69, 9.17) is 11.6 Å². The van der Waals surface area contributed by atoms with Crippen LogP contribution in [0.3, 0.4) is 0 Å². The van der Waals surface area contributed by atoms with E-state index in [0.717, 1.165) is 23.0 Å². The van der Waals surface area contributed by atoms with Crippen LogP contribution in [0.25, 0.3) is 0 Å². The molecule has 0 atom stereocenters. The van der Waals surface area contributed by atoms with Gasteiger partial charge < -0.3 is 5.32 Å². The minimum absolute atomic E-state index is 0.0125. The molecule has 0 aliphatic heterocycles. The van der Waals surface area contributed by atoms with Crippen molar-refractivity contribution in [1.82, 2.24) is 9.97 Å². The van der Waals surface area contributed by atoms with E-state index in [1.165, 1.54) is 0 Å². The molecule has 3 nitrogen and oxygen atoms in total. The summed E-state index contributed by atoms with van der Waals surface area (Å²) in [5.74, 6) is -0.450. The lowest BCUT2D eigenvalue weighted by molar-refractivity contribution is 0.590. The summed E-state index contributed by atoms with van der Waals surface area (Å²) in [5.41, 5.74) is 3.00. The van der Waals surface area contributed by atoms with Gasteiger partial charge in [-0.3, -0.25) is 0 Å². The Bertz CT molecular complexity index is 636. The third kappa shape index (κ3) is 3.25. The summed E-state index contributed by atoms with van der Waals surface area (Å²) in [6.45, 7) is 8.34. The molecule has 5 heteroatoms. The number of aryl methyl sites for hydroxylation is 1. The van der Waals surface area contributed by atoms with Crippen molar-refractivity contribution in [1.29, 1.82) is 0 Å². The van der Waals surface area contributed by atoms with Gasteiger partial charge in [-0.15, -0.1) is 0 Å². The zero-order valence-corrected chi connectivity index (χ0v) is 12.7. The van der Waals surface area contributed by atoms with Crippen LogP contribution in [0.4, 0.5) is 15.9 Å². The zero-order valence-electron chi connectivity index (χ0n) is 12.0. The van der Waals surface area contributed by atoms with Gasteiger partial charge in [0.05, 0.1) is 6.20 Å². The number of benzene rings is 1. The molecule has 0 spiro atoms. The summed E-state index contributed by atoms with van der Waals surface area (Å²) in [6, 6.07) is 6.08. The molecule has 0 radical (unpaired) electrons. The van der Waals surface area contributed by atoms with Crippen molar-refractivity contribution in [3.63, 3.8) is 0 Å². The van der Waals surface area contributed by atoms with Gasteiger partial charge in [-0.2, -0.15) is 4.98 Å². The van der Waals surface area contributed by atoms with E-state index in [0.29, 0.717) is 0 Å². The Morgan fingerprint density at radius 2 is 1.95 bits per heavy atom. The van der Waals surface area contributed by atoms with Crippen molar-refractivity contribution in [3.05, 3.63) is 46.6 Å². The van der Waals surface area contributed by atoms with Crippen molar-refractivity contribution in [3.8, 4) is 0 Å². The maximum Gasteiger partial charge on any atom is 0.224 e. The molecule has 0 amide bonds. The fourth-order valence-electron chi connectivity index (χ4n) is 1.78. The topological polar surface area (TPSA) is 37.8 Å². The number of anilines is 2. The van der Waals surface area contributed by atoms with Crippen LogP contribution >= 0.6 is 11.6 Å². The fourth-order valence-corrected chi connectivity index (χ4v) is 1.92. The van der Waals surface area contributed by atoms with Gasteiger partial charge in [0.15, 0.2) is 11.6 Å². The molecule has 20 heavy (non-hydrogen) atoms. The minimum Gasteiger partial charge on any atom is -0.337 e. The van der Waals surface area contributed by atoms with Crippen molar-refractivity contribution in [2.24, 2.45) is 0 Å². The first-order chi connectivity index (χ1) is 9.27. The van der Waals surface area contributed by atoms with Crippen molar-refractivity contribution >= 4 is 23.1 Å². The molecule has 0 bridgehead atoms. The zero-order chi connectivity index (χ0) is 14.9. The summed E-state index contributed by atoms with van der Waals surface area (Å²) in [5, 5.41) is 3.00. The van der Waals surface area contributed by atoms with E-state index in [-0.39, 0.29) is 16.5 Å². The van der Waals surface area contributed by atoms with E-state index in [9.17, 15) is 4.39 Å². The number of halogens is 2. The number of rotatable bonds is 2. The number of hydrogen-bond donors (Lipinski definition) is 1. The van der Waals surface area contributed by atoms with Crippen LogP contribution in [0.5, 0.6) is 0 Å². The molecular formula is C15H17ClFN3. The van der Waals surface area contributed by atoms with Crippen molar-refractivity contribution < 1.29 is 4.39 Å². The maximum atomic E-state index is 13.7. The van der Waals surface area contributed by atoms with E-state index in [2.05, 4.69) is 42.1 Å². The van der Waals surface area contributed by atoms with Crippen LogP contribution in [-0.4, -0.2) is 9.97 Å². The Balaban J connectivity index is 2.40. The summed E-state index contributed by atoms with van der Waals surface area (Å²) in [7, 11) is 0. The van der Waals surface area contributed by atoms with Crippen LogP contribution in [0, 0.1) is 12.7 Å². The van der Waals surface area contributed by atoms with Crippen LogP contribution in [0.1, 0.15) is 31.9 Å². The molecule has 0 fully saturated rings. The lowest BCUT2D eigenvalue weighted by Gasteiger charge is -2.21. The van der Waals surface area contributed by atoms with Gasteiger partial charge >= 0.3 is 0 Å². The largest absolute Gasteiger partial charge is 0.337 e. The fraction of sp³-hybridized carbons (Fsp3) is 0.333. The van der Waals surface area contributed by atoms with Crippen LogP contribution in [0.15, 0.2) is 24.4 Å². The van der Waals surface area contributed by atoms with Gasteiger partial charge in [-0.05, 0) is 41.1 Å². The lowest BCUT2D eigenvalue weighted by atomic mass is 9.86. The summed E-state index contributed by atoms with van der Waals surface area (Å²) in [4.78, 5) is 7.47. The van der Waals surface area contributed by atoms with Gasteiger partial charge in [0.2, 0.25) is 5.28 Å². The first-order valence-electron chi connectivity index (χ1n) is 6.33. The average Bonchev–Trinajstić information content (AvgIpc) is 2.35. The number of nitrogens with one attached hydrogen (secondary N) is 1. The molecule has 1 N–H and O–H groups in total. The summed E-state index contributed by atoms with van der Waals surface area (Å²) < 4.78 is 13.7. The molecule has 1 aromatic heterocycles. The van der Waals surface area contributed by atoms with E-state index < -0.39 is 5.82 Å². The number of nitrogens with zero attached hydrogens (tertiary/aromatic N) is 2. The first-order valence-corrected chi connectivity index (χ1v) is 6.71. The Hall–Kier alpha value is -1.68. The highest BCUT2D eigenvalue weighted by Gasteiger charge is 2.15. The van der Waals surface area contributed by atoms with Crippen LogP contribution in [0.2, 0.25) is 5.28 Å². The third-order valence-corrected chi connectivity index (χ3v) is 3.25. The van der Waals surface area contributed by atoms with Gasteiger partial charge in [-0.25, -0.2) is 9.37 Å². The van der Waals surface area contributed by atoms with Gasteiger partial charge in [0.1, 0.15) is 0 Å². The molecule has 1 heterocycles. The maximum absolute atomic E-state index is 13.7. The first kappa shape index (κ1) is 14.7. The second kappa shape index (κ2) is 5.37. The number of aromatic nitrogens is 2. The van der Waals surface area contributed by atoms with E-state index >= 15 is 0 Å². The normalized spacial score (nSPS) is 11.5. The molecule has 0 aliphatic carbocycles. The summed E-state index contributed by atoms with van der Waals surface area (Å²) in [6.07, 6.45) is 1.06. The average molecular weight is 294 g/mol. The predicted octanol–water partition coefficient (Wildman–Crippen LogP) is 4.62. The van der Waals surface area contributed by atoms with Crippen LogP contribution < -0.4 is 5.32 Å². The standard InChI is InChI=1S/C15H17ClFN3/c1-9-5-6-10(15(2,3)4)7-12(9)19-13-11(17)8-18-14(16)20-13/h5-8H,1-4H3,(H,18,19,20). The van der Waals surface area contributed by atoms with Gasteiger partial charge in [-0.1, -0.05) is 32.9 Å². The quantitative estimate of drug-likeness (QED) is 0.821. The lowest BCUT2D eigenvalue weighted by Crippen LogP contribution is -2.11. The molecule has 0 aliphatic rings. The Morgan fingerprint density at radius 1 is 1.25 bits per heavy atom. The molecule has 0 saturated carbocycles. The number of hydrogen-bond acceptors (Lipinski definition) is 3. The predicted molar refractivity (Wildman–Crippen MR) is 80.2 cm³/mol. The monoisotopic (exact) mass is 293 g/mol. The van der Waals surface area contributed by atoms with Gasteiger partial charge in [0.25, 0.3) is 0 Å². The summed E-state index contributed by atoms with van der Waals surface area (Å²) >= 11 is 5.70. The second-order valence-corrected chi connectivity index (χ2v) is 6.08. The Morgan fingerprint density at radius 3 is 2.60 bits per heavy atom. The molecule has 0 saturated heterocycles. The molecule has 2 aromatic rings.